The van der Waals surface area contributed by atoms with Gasteiger partial charge in [0.25, 0.3) is 0 Å². The molecule has 0 bridgehead atoms. The van der Waals surface area contributed by atoms with Gasteiger partial charge in [-0.2, -0.15) is 0 Å². The van der Waals surface area contributed by atoms with E-state index < -0.39 is 6.10 Å². The first-order valence-corrected chi connectivity index (χ1v) is 6.12. The zero-order chi connectivity index (χ0) is 13.5. The minimum Gasteiger partial charge on any atom is -0.493 e. The van der Waals surface area contributed by atoms with Gasteiger partial charge in [0, 0.05) is 0 Å². The number of hydrogen-bond donors (Lipinski definition) is 0. The van der Waals surface area contributed by atoms with Crippen LogP contribution in [0.25, 0.3) is 0 Å². The average molecular weight is 252 g/mol. The Labute approximate surface area is 108 Å². The van der Waals surface area contributed by atoms with E-state index in [1.807, 2.05) is 18.2 Å². The van der Waals surface area contributed by atoms with Gasteiger partial charge in [-0.15, -0.1) is 0 Å². The maximum atomic E-state index is 11.5. The molecule has 0 saturated heterocycles. The zero-order valence-corrected chi connectivity index (χ0v) is 11.4. The second-order valence-corrected chi connectivity index (χ2v) is 3.85. The Morgan fingerprint density at radius 3 is 2.56 bits per heavy atom. The molecule has 1 unspecified atom stereocenters. The van der Waals surface area contributed by atoms with Gasteiger partial charge in [0.2, 0.25) is 0 Å². The van der Waals surface area contributed by atoms with E-state index in [0.29, 0.717) is 18.1 Å². The van der Waals surface area contributed by atoms with Crippen LogP contribution >= 0.6 is 0 Å². The minimum atomic E-state index is -0.647. The standard InChI is InChI=1S/C14H20O4/c1-5-11-7-8-12(13(9-11)16-4)18-10(3)14(15)17-6-2/h7-10H,5-6H2,1-4H3. The van der Waals surface area contributed by atoms with Gasteiger partial charge in [0.05, 0.1) is 13.7 Å². The number of hydrogen-bond acceptors (Lipinski definition) is 4. The quantitative estimate of drug-likeness (QED) is 0.730. The number of carbonyl (C=O) groups excluding carboxylic acids is 1. The van der Waals surface area contributed by atoms with E-state index in [2.05, 4.69) is 6.92 Å². The minimum absolute atomic E-state index is 0.346. The van der Waals surface area contributed by atoms with Gasteiger partial charge in [0.15, 0.2) is 17.6 Å². The first-order valence-electron chi connectivity index (χ1n) is 6.12. The molecule has 0 aliphatic heterocycles. The Morgan fingerprint density at radius 2 is 2.00 bits per heavy atom. The first kappa shape index (κ1) is 14.4. The van der Waals surface area contributed by atoms with Crippen LogP contribution in [0.15, 0.2) is 18.2 Å². The highest BCUT2D eigenvalue weighted by molar-refractivity contribution is 5.74. The van der Waals surface area contributed by atoms with Crippen molar-refractivity contribution in [2.75, 3.05) is 13.7 Å². The maximum Gasteiger partial charge on any atom is 0.347 e. The molecule has 0 spiro atoms. The van der Waals surface area contributed by atoms with Gasteiger partial charge >= 0.3 is 5.97 Å². The number of esters is 1. The van der Waals surface area contributed by atoms with Crippen molar-refractivity contribution in [3.8, 4) is 11.5 Å². The predicted octanol–water partition coefficient (Wildman–Crippen LogP) is 2.59. The van der Waals surface area contributed by atoms with Gasteiger partial charge < -0.3 is 14.2 Å². The fraction of sp³-hybridized carbons (Fsp3) is 0.500. The molecule has 1 aromatic carbocycles. The molecule has 0 amide bonds. The Morgan fingerprint density at radius 1 is 1.28 bits per heavy atom. The van der Waals surface area contributed by atoms with E-state index in [0.717, 1.165) is 12.0 Å². The van der Waals surface area contributed by atoms with Crippen molar-refractivity contribution in [2.24, 2.45) is 0 Å². The van der Waals surface area contributed by atoms with Crippen LogP contribution in [0.3, 0.4) is 0 Å². The molecule has 1 aromatic rings. The molecule has 0 fully saturated rings. The van der Waals surface area contributed by atoms with Crippen LogP contribution in [-0.2, 0) is 16.0 Å². The van der Waals surface area contributed by atoms with Crippen LogP contribution in [0.4, 0.5) is 0 Å². The van der Waals surface area contributed by atoms with Crippen molar-refractivity contribution >= 4 is 5.97 Å². The lowest BCUT2D eigenvalue weighted by Crippen LogP contribution is -2.26. The van der Waals surface area contributed by atoms with E-state index in [1.165, 1.54) is 0 Å². The summed E-state index contributed by atoms with van der Waals surface area (Å²) in [7, 11) is 1.58. The Balaban J connectivity index is 2.80. The molecule has 4 heteroatoms. The molecule has 0 radical (unpaired) electrons. The molecule has 0 aliphatic rings. The molecular weight excluding hydrogens is 232 g/mol. The molecule has 100 valence electrons. The smallest absolute Gasteiger partial charge is 0.347 e. The summed E-state index contributed by atoms with van der Waals surface area (Å²) >= 11 is 0. The van der Waals surface area contributed by atoms with Crippen molar-refractivity contribution in [3.63, 3.8) is 0 Å². The Hall–Kier alpha value is -1.71. The lowest BCUT2D eigenvalue weighted by molar-refractivity contribution is -0.150. The lowest BCUT2D eigenvalue weighted by Gasteiger charge is -2.16. The van der Waals surface area contributed by atoms with Crippen LogP contribution in [0.2, 0.25) is 0 Å². The van der Waals surface area contributed by atoms with Crippen molar-refractivity contribution in [1.82, 2.24) is 0 Å². The van der Waals surface area contributed by atoms with Gasteiger partial charge in [-0.1, -0.05) is 13.0 Å². The van der Waals surface area contributed by atoms with Gasteiger partial charge in [-0.25, -0.2) is 4.79 Å². The highest BCUT2D eigenvalue weighted by Gasteiger charge is 2.17. The van der Waals surface area contributed by atoms with E-state index in [4.69, 9.17) is 14.2 Å². The van der Waals surface area contributed by atoms with Crippen LogP contribution < -0.4 is 9.47 Å². The molecule has 1 atom stereocenters. The summed E-state index contributed by atoms with van der Waals surface area (Å²) < 4.78 is 15.7. The van der Waals surface area contributed by atoms with Gasteiger partial charge in [-0.05, 0) is 38.0 Å². The Bertz CT molecular complexity index is 401. The lowest BCUT2D eigenvalue weighted by atomic mass is 10.1. The molecule has 0 saturated carbocycles. The van der Waals surface area contributed by atoms with Gasteiger partial charge in [0.1, 0.15) is 0 Å². The second kappa shape index (κ2) is 6.89. The molecule has 0 aliphatic carbocycles. The topological polar surface area (TPSA) is 44.8 Å². The maximum absolute atomic E-state index is 11.5. The summed E-state index contributed by atoms with van der Waals surface area (Å²) in [5, 5.41) is 0. The van der Waals surface area contributed by atoms with Crippen molar-refractivity contribution in [3.05, 3.63) is 23.8 Å². The fourth-order valence-corrected chi connectivity index (χ4v) is 1.53. The van der Waals surface area contributed by atoms with Gasteiger partial charge in [-0.3, -0.25) is 0 Å². The second-order valence-electron chi connectivity index (χ2n) is 3.85. The predicted molar refractivity (Wildman–Crippen MR) is 69.1 cm³/mol. The molecule has 4 nitrogen and oxygen atoms in total. The normalized spacial score (nSPS) is 11.8. The third-order valence-corrected chi connectivity index (χ3v) is 2.56. The summed E-state index contributed by atoms with van der Waals surface area (Å²) in [5.41, 5.74) is 1.16. The third-order valence-electron chi connectivity index (χ3n) is 2.56. The molecule has 1 rings (SSSR count). The van der Waals surface area contributed by atoms with Crippen LogP contribution in [0.5, 0.6) is 11.5 Å². The summed E-state index contributed by atoms with van der Waals surface area (Å²) in [6.45, 7) is 5.83. The van der Waals surface area contributed by atoms with Crippen LogP contribution in [0.1, 0.15) is 26.3 Å². The summed E-state index contributed by atoms with van der Waals surface area (Å²) in [5.74, 6) is 0.805. The highest BCUT2D eigenvalue weighted by atomic mass is 16.6. The molecular formula is C14H20O4. The largest absolute Gasteiger partial charge is 0.493 e. The monoisotopic (exact) mass is 252 g/mol. The Kier molecular flexibility index (Phi) is 5.49. The molecule has 18 heavy (non-hydrogen) atoms. The van der Waals surface area contributed by atoms with Crippen molar-refractivity contribution in [2.45, 2.75) is 33.3 Å². The van der Waals surface area contributed by atoms with E-state index in [-0.39, 0.29) is 5.97 Å². The zero-order valence-electron chi connectivity index (χ0n) is 11.4. The fourth-order valence-electron chi connectivity index (χ4n) is 1.53. The summed E-state index contributed by atoms with van der Waals surface area (Å²) in [4.78, 5) is 11.5. The number of methoxy groups -OCH3 is 1. The number of aryl methyl sites for hydroxylation is 1. The third kappa shape index (κ3) is 3.65. The molecule has 0 aromatic heterocycles. The van der Waals surface area contributed by atoms with Crippen LogP contribution in [-0.4, -0.2) is 25.8 Å². The van der Waals surface area contributed by atoms with Crippen molar-refractivity contribution < 1.29 is 19.0 Å². The molecule has 0 N–H and O–H groups in total. The SMILES string of the molecule is CCOC(=O)C(C)Oc1ccc(CC)cc1OC. The van der Waals surface area contributed by atoms with E-state index in [1.54, 1.807) is 21.0 Å². The summed E-state index contributed by atoms with van der Waals surface area (Å²) in [6.07, 6.45) is 0.274. The summed E-state index contributed by atoms with van der Waals surface area (Å²) in [6, 6.07) is 5.68. The van der Waals surface area contributed by atoms with E-state index in [9.17, 15) is 4.79 Å². The molecule has 0 heterocycles. The number of benzene rings is 1. The average Bonchev–Trinajstić information content (AvgIpc) is 2.39. The first-order chi connectivity index (χ1) is 8.62. The number of rotatable bonds is 6. The number of ether oxygens (including phenoxy) is 3. The highest BCUT2D eigenvalue weighted by Crippen LogP contribution is 2.29. The van der Waals surface area contributed by atoms with E-state index >= 15 is 0 Å². The van der Waals surface area contributed by atoms with Crippen LogP contribution in [0, 0.1) is 0 Å². The van der Waals surface area contributed by atoms with Crippen molar-refractivity contribution in [1.29, 1.82) is 0 Å². The number of carbonyl (C=O) groups is 1.